The summed E-state index contributed by atoms with van der Waals surface area (Å²) in [6.45, 7) is 5.72. The van der Waals surface area contributed by atoms with Gasteiger partial charge < -0.3 is 4.90 Å². The molecule has 1 saturated heterocycles. The number of aromatic nitrogens is 3. The topological polar surface area (TPSA) is 37.2 Å². The van der Waals surface area contributed by atoms with Crippen LogP contribution in [0.3, 0.4) is 0 Å². The quantitative estimate of drug-likeness (QED) is 0.686. The number of rotatable bonds is 3. The van der Waals surface area contributed by atoms with E-state index in [-0.39, 0.29) is 0 Å². The van der Waals surface area contributed by atoms with Crippen LogP contribution in [-0.2, 0) is 19.8 Å². The number of aryl methyl sites for hydroxylation is 2. The molecule has 8 heteroatoms. The molecule has 148 valence electrons. The number of fused-ring (bicyclic) bond motifs is 1. The van der Waals surface area contributed by atoms with Crippen molar-refractivity contribution in [2.24, 2.45) is 7.05 Å². The number of halogens is 3. The van der Waals surface area contributed by atoms with Crippen LogP contribution in [0, 0.1) is 6.92 Å². The second-order valence-electron chi connectivity index (χ2n) is 7.24. The standard InChI is InChI=1S/C20H22F3N5/c1-14-18-10-15(12-24-19(18)26(2)25-14)13-27-6-8-28(9-7-27)17-5-3-4-16(11-17)20(21,22)23/h3-5,10-12H,6-9,13H2,1-2H3. The molecule has 0 bridgehead atoms. The molecule has 4 rings (SSSR count). The average molecular weight is 389 g/mol. The summed E-state index contributed by atoms with van der Waals surface area (Å²) in [7, 11) is 1.88. The van der Waals surface area contributed by atoms with Crippen molar-refractivity contribution >= 4 is 16.7 Å². The molecule has 1 aliphatic heterocycles. The van der Waals surface area contributed by atoms with Crippen LogP contribution in [0.2, 0.25) is 0 Å². The summed E-state index contributed by atoms with van der Waals surface area (Å²) in [5, 5.41) is 5.46. The van der Waals surface area contributed by atoms with Gasteiger partial charge in [0.05, 0.1) is 11.3 Å². The van der Waals surface area contributed by atoms with Gasteiger partial charge in [0.1, 0.15) is 0 Å². The van der Waals surface area contributed by atoms with E-state index in [1.807, 2.05) is 25.1 Å². The van der Waals surface area contributed by atoms with E-state index >= 15 is 0 Å². The first-order chi connectivity index (χ1) is 13.3. The predicted molar refractivity (Wildman–Crippen MR) is 102 cm³/mol. The molecule has 1 aromatic carbocycles. The highest BCUT2D eigenvalue weighted by Gasteiger charge is 2.31. The molecule has 1 fully saturated rings. The molecule has 5 nitrogen and oxygen atoms in total. The lowest BCUT2D eigenvalue weighted by molar-refractivity contribution is -0.137. The van der Waals surface area contributed by atoms with Gasteiger partial charge in [-0.2, -0.15) is 18.3 Å². The summed E-state index contributed by atoms with van der Waals surface area (Å²) >= 11 is 0. The Hall–Kier alpha value is -2.61. The van der Waals surface area contributed by atoms with Crippen LogP contribution < -0.4 is 4.90 Å². The van der Waals surface area contributed by atoms with E-state index in [0.717, 1.165) is 48.0 Å². The van der Waals surface area contributed by atoms with E-state index in [4.69, 9.17) is 0 Å². The van der Waals surface area contributed by atoms with Crippen molar-refractivity contribution < 1.29 is 13.2 Å². The van der Waals surface area contributed by atoms with Crippen LogP contribution in [0.5, 0.6) is 0 Å². The zero-order valence-electron chi connectivity index (χ0n) is 15.9. The van der Waals surface area contributed by atoms with Gasteiger partial charge in [-0.15, -0.1) is 0 Å². The third kappa shape index (κ3) is 3.69. The second-order valence-corrected chi connectivity index (χ2v) is 7.24. The van der Waals surface area contributed by atoms with Crippen LogP contribution in [-0.4, -0.2) is 45.8 Å². The van der Waals surface area contributed by atoms with Gasteiger partial charge in [0.25, 0.3) is 0 Å². The maximum Gasteiger partial charge on any atom is 0.416 e. The lowest BCUT2D eigenvalue weighted by Gasteiger charge is -2.36. The fourth-order valence-electron chi connectivity index (χ4n) is 3.74. The minimum absolute atomic E-state index is 0.598. The molecule has 0 radical (unpaired) electrons. The first-order valence-electron chi connectivity index (χ1n) is 9.24. The molecular weight excluding hydrogens is 367 g/mol. The monoisotopic (exact) mass is 389 g/mol. The lowest BCUT2D eigenvalue weighted by Crippen LogP contribution is -2.46. The molecule has 0 N–H and O–H groups in total. The third-order valence-corrected chi connectivity index (χ3v) is 5.24. The largest absolute Gasteiger partial charge is 0.416 e. The van der Waals surface area contributed by atoms with Crippen LogP contribution in [0.4, 0.5) is 18.9 Å². The number of hydrogen-bond acceptors (Lipinski definition) is 4. The Morgan fingerprint density at radius 2 is 1.82 bits per heavy atom. The van der Waals surface area contributed by atoms with Gasteiger partial charge in [-0.3, -0.25) is 9.58 Å². The zero-order chi connectivity index (χ0) is 19.9. The molecule has 3 aromatic rings. The Labute approximate surface area is 161 Å². The maximum atomic E-state index is 12.9. The Morgan fingerprint density at radius 1 is 1.07 bits per heavy atom. The molecule has 0 spiro atoms. The Morgan fingerprint density at radius 3 is 2.54 bits per heavy atom. The summed E-state index contributed by atoms with van der Waals surface area (Å²) in [5.41, 5.74) is 2.98. The first-order valence-corrected chi connectivity index (χ1v) is 9.24. The van der Waals surface area contributed by atoms with Gasteiger partial charge in [-0.05, 0) is 36.8 Å². The highest BCUT2D eigenvalue weighted by Crippen LogP contribution is 2.32. The number of piperazine rings is 1. The van der Waals surface area contributed by atoms with Crippen molar-refractivity contribution in [3.05, 3.63) is 53.3 Å². The van der Waals surface area contributed by atoms with E-state index in [1.54, 1.807) is 10.7 Å². The van der Waals surface area contributed by atoms with Gasteiger partial charge >= 0.3 is 6.18 Å². The Kier molecular flexibility index (Phi) is 4.74. The number of hydrogen-bond donors (Lipinski definition) is 0. The van der Waals surface area contributed by atoms with Crippen molar-refractivity contribution in [1.29, 1.82) is 0 Å². The van der Waals surface area contributed by atoms with Crippen molar-refractivity contribution in [3.8, 4) is 0 Å². The molecule has 1 aliphatic rings. The summed E-state index contributed by atoms with van der Waals surface area (Å²) in [5.74, 6) is 0. The fraction of sp³-hybridized carbons (Fsp3) is 0.400. The van der Waals surface area contributed by atoms with Gasteiger partial charge in [0, 0.05) is 57.0 Å². The number of benzene rings is 1. The third-order valence-electron chi connectivity index (χ3n) is 5.24. The highest BCUT2D eigenvalue weighted by molar-refractivity contribution is 5.78. The van der Waals surface area contributed by atoms with Gasteiger partial charge in [-0.1, -0.05) is 6.07 Å². The summed E-state index contributed by atoms with van der Waals surface area (Å²) < 4.78 is 40.6. The zero-order valence-corrected chi connectivity index (χ0v) is 15.9. The van der Waals surface area contributed by atoms with E-state index in [0.29, 0.717) is 18.8 Å². The molecular formula is C20H22F3N5. The van der Waals surface area contributed by atoms with E-state index in [2.05, 4.69) is 21.0 Å². The van der Waals surface area contributed by atoms with Gasteiger partial charge in [0.15, 0.2) is 5.65 Å². The van der Waals surface area contributed by atoms with Crippen LogP contribution in [0.15, 0.2) is 36.5 Å². The molecule has 28 heavy (non-hydrogen) atoms. The summed E-state index contributed by atoms with van der Waals surface area (Å²) in [6.07, 6.45) is -2.43. The normalized spacial score (nSPS) is 16.1. The van der Waals surface area contributed by atoms with Crippen molar-refractivity contribution in [1.82, 2.24) is 19.7 Å². The smallest absolute Gasteiger partial charge is 0.369 e. The van der Waals surface area contributed by atoms with E-state index in [1.165, 1.54) is 12.1 Å². The minimum Gasteiger partial charge on any atom is -0.369 e. The highest BCUT2D eigenvalue weighted by atomic mass is 19.4. The molecule has 0 amide bonds. The lowest BCUT2D eigenvalue weighted by atomic mass is 10.1. The molecule has 0 saturated carbocycles. The van der Waals surface area contributed by atoms with Crippen LogP contribution in [0.1, 0.15) is 16.8 Å². The van der Waals surface area contributed by atoms with Crippen molar-refractivity contribution in [2.75, 3.05) is 31.1 Å². The molecule has 0 unspecified atom stereocenters. The van der Waals surface area contributed by atoms with E-state index in [9.17, 15) is 13.2 Å². The number of pyridine rings is 1. The predicted octanol–water partition coefficient (Wildman–Crippen LogP) is 3.62. The minimum atomic E-state index is -4.31. The second kappa shape index (κ2) is 7.09. The van der Waals surface area contributed by atoms with Crippen LogP contribution in [0.25, 0.3) is 11.0 Å². The van der Waals surface area contributed by atoms with E-state index < -0.39 is 11.7 Å². The Bertz CT molecular complexity index is 987. The molecule has 0 atom stereocenters. The number of nitrogens with zero attached hydrogens (tertiary/aromatic N) is 5. The number of anilines is 1. The Balaban J connectivity index is 1.41. The number of alkyl halides is 3. The molecule has 3 heterocycles. The van der Waals surface area contributed by atoms with Crippen LogP contribution >= 0.6 is 0 Å². The maximum absolute atomic E-state index is 12.9. The first kappa shape index (κ1) is 18.7. The average Bonchev–Trinajstić information content (AvgIpc) is 2.95. The summed E-state index contributed by atoms with van der Waals surface area (Å²) in [4.78, 5) is 8.84. The fourth-order valence-corrected chi connectivity index (χ4v) is 3.74. The SMILES string of the molecule is Cc1nn(C)c2ncc(CN3CCN(c4cccc(C(F)(F)F)c4)CC3)cc12. The van der Waals surface area contributed by atoms with Crippen molar-refractivity contribution in [3.63, 3.8) is 0 Å². The van der Waals surface area contributed by atoms with Gasteiger partial charge in [0.2, 0.25) is 0 Å². The molecule has 2 aromatic heterocycles. The van der Waals surface area contributed by atoms with Crippen molar-refractivity contribution in [2.45, 2.75) is 19.6 Å². The van der Waals surface area contributed by atoms with Gasteiger partial charge in [-0.25, -0.2) is 4.98 Å². The molecule has 0 aliphatic carbocycles. The summed E-state index contributed by atoms with van der Waals surface area (Å²) in [6, 6.07) is 7.70.